The minimum absolute atomic E-state index is 0.176. The molecule has 0 spiro atoms. The molecule has 0 radical (unpaired) electrons. The van der Waals surface area contributed by atoms with Gasteiger partial charge >= 0.3 is 5.97 Å². The van der Waals surface area contributed by atoms with Gasteiger partial charge in [0.05, 0.1) is 6.26 Å². The first-order valence-electron chi connectivity index (χ1n) is 5.46. The number of carboxylic acids is 1. The zero-order valence-electron chi connectivity index (χ0n) is 9.64. The number of carboxylic acid groups (broad SMARTS) is 1. The molecule has 1 N–H and O–H groups in total. The van der Waals surface area contributed by atoms with Gasteiger partial charge in [0.2, 0.25) is 0 Å². The summed E-state index contributed by atoms with van der Waals surface area (Å²) in [6, 6.07) is 7.39. The average molecular weight is 242 g/mol. The maximum atomic E-state index is 11.1. The maximum absolute atomic E-state index is 11.1. The Labute approximate surface area is 102 Å². The molecule has 18 heavy (non-hydrogen) atoms. The molecule has 0 aliphatic carbocycles. The summed E-state index contributed by atoms with van der Waals surface area (Å²) in [6.45, 7) is 1.75. The molecule has 90 valence electrons. The number of aromatic carboxylic acids is 1. The lowest BCUT2D eigenvalue weighted by molar-refractivity contribution is 0.0697. The van der Waals surface area contributed by atoms with E-state index in [2.05, 4.69) is 0 Å². The van der Waals surface area contributed by atoms with Crippen LogP contribution in [0.4, 0.5) is 0 Å². The van der Waals surface area contributed by atoms with E-state index in [4.69, 9.17) is 13.9 Å². The fourth-order valence-corrected chi connectivity index (χ4v) is 2.09. The number of hydrogen-bond acceptors (Lipinski definition) is 3. The Morgan fingerprint density at radius 3 is 2.83 bits per heavy atom. The summed E-state index contributed by atoms with van der Waals surface area (Å²) in [5.41, 5.74) is 2.38. The summed E-state index contributed by atoms with van der Waals surface area (Å²) in [7, 11) is 0. The fourth-order valence-electron chi connectivity index (χ4n) is 2.09. The molecule has 0 atom stereocenters. The zero-order valence-corrected chi connectivity index (χ0v) is 9.64. The van der Waals surface area contributed by atoms with Crippen molar-refractivity contribution in [3.63, 3.8) is 0 Å². The number of hydrogen-bond donors (Lipinski definition) is 1. The van der Waals surface area contributed by atoms with Gasteiger partial charge in [-0.2, -0.15) is 0 Å². The highest BCUT2D eigenvalue weighted by Crippen LogP contribution is 2.31. The third-order valence-corrected chi connectivity index (χ3v) is 2.95. The van der Waals surface area contributed by atoms with Gasteiger partial charge in [0.1, 0.15) is 23.2 Å². The summed E-state index contributed by atoms with van der Waals surface area (Å²) in [5, 5.41) is 10.1. The molecular weight excluding hydrogens is 232 g/mol. The first kappa shape index (κ1) is 10.7. The molecule has 0 aliphatic rings. The van der Waals surface area contributed by atoms with Gasteiger partial charge in [-0.05, 0) is 30.7 Å². The van der Waals surface area contributed by atoms with Crippen molar-refractivity contribution in [1.29, 1.82) is 0 Å². The molecule has 4 nitrogen and oxygen atoms in total. The van der Waals surface area contributed by atoms with Crippen molar-refractivity contribution in [2.24, 2.45) is 0 Å². The zero-order chi connectivity index (χ0) is 12.7. The number of furan rings is 2. The predicted octanol–water partition coefficient (Wildman–Crippen LogP) is 3.70. The Balaban J connectivity index is 2.24. The van der Waals surface area contributed by atoms with Crippen molar-refractivity contribution in [2.75, 3.05) is 0 Å². The Morgan fingerprint density at radius 2 is 2.06 bits per heavy atom. The van der Waals surface area contributed by atoms with Crippen molar-refractivity contribution in [3.8, 4) is 11.1 Å². The smallest absolute Gasteiger partial charge is 0.339 e. The van der Waals surface area contributed by atoms with Crippen LogP contribution in [0.2, 0.25) is 0 Å². The Morgan fingerprint density at radius 1 is 1.22 bits per heavy atom. The lowest BCUT2D eigenvalue weighted by Crippen LogP contribution is -1.96. The van der Waals surface area contributed by atoms with Crippen LogP contribution in [0.15, 0.2) is 45.6 Å². The van der Waals surface area contributed by atoms with E-state index >= 15 is 0 Å². The molecule has 3 aromatic rings. The van der Waals surface area contributed by atoms with E-state index in [-0.39, 0.29) is 5.56 Å². The van der Waals surface area contributed by atoms with Crippen LogP contribution < -0.4 is 0 Å². The van der Waals surface area contributed by atoms with E-state index in [0.29, 0.717) is 11.3 Å². The topological polar surface area (TPSA) is 63.6 Å². The Bertz CT molecular complexity index is 733. The van der Waals surface area contributed by atoms with Gasteiger partial charge in [0.15, 0.2) is 0 Å². The van der Waals surface area contributed by atoms with Gasteiger partial charge in [0, 0.05) is 10.9 Å². The van der Waals surface area contributed by atoms with E-state index in [9.17, 15) is 4.79 Å². The summed E-state index contributed by atoms with van der Waals surface area (Å²) in [5.74, 6) is -0.399. The molecule has 0 saturated carbocycles. The predicted molar refractivity (Wildman–Crippen MR) is 65.6 cm³/mol. The van der Waals surface area contributed by atoms with Crippen molar-refractivity contribution < 1.29 is 18.7 Å². The molecule has 3 rings (SSSR count). The first-order valence-corrected chi connectivity index (χ1v) is 5.46. The van der Waals surface area contributed by atoms with Gasteiger partial charge in [-0.15, -0.1) is 0 Å². The number of carbonyl (C=O) groups is 1. The summed E-state index contributed by atoms with van der Waals surface area (Å²) < 4.78 is 10.5. The first-order chi connectivity index (χ1) is 8.66. The number of benzene rings is 1. The number of fused-ring (bicyclic) bond motifs is 1. The van der Waals surface area contributed by atoms with Crippen molar-refractivity contribution in [1.82, 2.24) is 0 Å². The second-order valence-electron chi connectivity index (χ2n) is 4.06. The summed E-state index contributed by atoms with van der Waals surface area (Å²) >= 11 is 0. The number of rotatable bonds is 2. The van der Waals surface area contributed by atoms with Crippen LogP contribution in [0.3, 0.4) is 0 Å². The largest absolute Gasteiger partial charge is 0.478 e. The average Bonchev–Trinajstić information content (AvgIpc) is 2.93. The summed E-state index contributed by atoms with van der Waals surface area (Å²) in [4.78, 5) is 11.1. The lowest BCUT2D eigenvalue weighted by Gasteiger charge is -2.01. The molecule has 1 aromatic carbocycles. The van der Waals surface area contributed by atoms with Gasteiger partial charge in [-0.1, -0.05) is 6.07 Å². The van der Waals surface area contributed by atoms with E-state index < -0.39 is 5.97 Å². The van der Waals surface area contributed by atoms with Crippen LogP contribution in [-0.4, -0.2) is 11.1 Å². The second kappa shape index (κ2) is 3.77. The van der Waals surface area contributed by atoms with Crippen molar-refractivity contribution in [3.05, 3.63) is 48.1 Å². The van der Waals surface area contributed by atoms with Gasteiger partial charge < -0.3 is 13.9 Å². The molecule has 4 heteroatoms. The number of aryl methyl sites for hydroxylation is 1. The highest BCUT2D eigenvalue weighted by molar-refractivity contribution is 5.97. The van der Waals surface area contributed by atoms with Gasteiger partial charge in [-0.3, -0.25) is 0 Å². The van der Waals surface area contributed by atoms with Gasteiger partial charge in [-0.25, -0.2) is 4.79 Å². The van der Waals surface area contributed by atoms with E-state index in [0.717, 1.165) is 16.5 Å². The molecular formula is C14H10O4. The third-order valence-electron chi connectivity index (χ3n) is 2.95. The van der Waals surface area contributed by atoms with Crippen LogP contribution in [0.5, 0.6) is 0 Å². The molecule has 2 aromatic heterocycles. The van der Waals surface area contributed by atoms with Crippen LogP contribution in [-0.2, 0) is 0 Å². The molecule has 0 unspecified atom stereocenters. The van der Waals surface area contributed by atoms with Crippen LogP contribution in [0, 0.1) is 6.92 Å². The molecule has 0 fully saturated rings. The standard InChI is InChI=1S/C14H10O4/c1-8-13(11(7-18-8)14(15)16)10-2-3-12-9(6-10)4-5-17-12/h2-7H,1H3,(H,15,16). The third kappa shape index (κ3) is 1.50. The molecule has 2 heterocycles. The van der Waals surface area contributed by atoms with Crippen molar-refractivity contribution in [2.45, 2.75) is 6.92 Å². The molecule has 0 bridgehead atoms. The lowest BCUT2D eigenvalue weighted by atomic mass is 10.0. The Hall–Kier alpha value is -2.49. The van der Waals surface area contributed by atoms with Crippen LogP contribution in [0.25, 0.3) is 22.1 Å². The summed E-state index contributed by atoms with van der Waals surface area (Å²) in [6.07, 6.45) is 2.88. The van der Waals surface area contributed by atoms with Crippen molar-refractivity contribution >= 4 is 16.9 Å². The van der Waals surface area contributed by atoms with Crippen LogP contribution in [0.1, 0.15) is 16.1 Å². The van der Waals surface area contributed by atoms with Crippen LogP contribution >= 0.6 is 0 Å². The second-order valence-corrected chi connectivity index (χ2v) is 4.06. The SMILES string of the molecule is Cc1occ(C(=O)O)c1-c1ccc2occc2c1. The van der Waals surface area contributed by atoms with E-state index in [1.54, 1.807) is 13.2 Å². The minimum Gasteiger partial charge on any atom is -0.478 e. The van der Waals surface area contributed by atoms with E-state index in [1.807, 2.05) is 24.3 Å². The maximum Gasteiger partial charge on any atom is 0.339 e. The fraction of sp³-hybridized carbons (Fsp3) is 0.0714. The highest BCUT2D eigenvalue weighted by Gasteiger charge is 2.18. The normalized spacial score (nSPS) is 10.9. The molecule has 0 amide bonds. The Kier molecular flexibility index (Phi) is 2.23. The monoisotopic (exact) mass is 242 g/mol. The highest BCUT2D eigenvalue weighted by atomic mass is 16.4. The molecule has 0 aliphatic heterocycles. The quantitative estimate of drug-likeness (QED) is 0.744. The van der Waals surface area contributed by atoms with E-state index in [1.165, 1.54) is 6.26 Å². The molecule has 0 saturated heterocycles. The van der Waals surface area contributed by atoms with Gasteiger partial charge in [0.25, 0.3) is 0 Å². The minimum atomic E-state index is -0.992.